The molecular formula is C7H9NO2S. The van der Waals surface area contributed by atoms with Gasteiger partial charge in [-0.05, 0) is 5.92 Å². The van der Waals surface area contributed by atoms with Crippen molar-refractivity contribution in [2.24, 2.45) is 0 Å². The zero-order valence-corrected chi connectivity index (χ0v) is 7.03. The molecule has 0 spiro atoms. The molecular weight excluding hydrogens is 162 g/mol. The molecule has 0 saturated heterocycles. The van der Waals surface area contributed by atoms with Gasteiger partial charge in [0.2, 0.25) is 5.91 Å². The first-order valence-corrected chi connectivity index (χ1v) is 4.03. The molecule has 0 heterocycles. The maximum Gasteiger partial charge on any atom is 0.262 e. The zero-order chi connectivity index (χ0) is 8.69. The molecule has 11 heavy (non-hydrogen) atoms. The fourth-order valence-corrected chi connectivity index (χ4v) is 0.885. The normalized spacial score (nSPS) is 8.36. The Balaban J connectivity index is 3.23. The molecule has 0 fully saturated rings. The number of carbonyl (C=O) groups excluding carboxylic acids is 2. The van der Waals surface area contributed by atoms with E-state index in [9.17, 15) is 9.59 Å². The summed E-state index contributed by atoms with van der Waals surface area (Å²) in [7, 11) is 0. The Hall–Kier alpha value is -0.950. The van der Waals surface area contributed by atoms with Crippen LogP contribution in [0.2, 0.25) is 0 Å². The number of rotatable bonds is 3. The van der Waals surface area contributed by atoms with Crippen molar-refractivity contribution in [1.29, 1.82) is 0 Å². The van der Waals surface area contributed by atoms with Gasteiger partial charge >= 0.3 is 0 Å². The second-order valence-corrected chi connectivity index (χ2v) is 2.83. The van der Waals surface area contributed by atoms with Crippen molar-refractivity contribution < 1.29 is 9.59 Å². The van der Waals surface area contributed by atoms with Gasteiger partial charge in [-0.3, -0.25) is 9.59 Å². The minimum Gasteiger partial charge on any atom is -0.356 e. The molecule has 0 aromatic heterocycles. The van der Waals surface area contributed by atoms with Crippen molar-refractivity contribution in [2.75, 3.05) is 12.3 Å². The van der Waals surface area contributed by atoms with Gasteiger partial charge in [0.1, 0.15) is 0 Å². The predicted molar refractivity (Wildman–Crippen MR) is 45.0 cm³/mol. The maximum absolute atomic E-state index is 10.5. The van der Waals surface area contributed by atoms with Crippen LogP contribution in [-0.2, 0) is 9.59 Å². The first kappa shape index (κ1) is 10.0. The zero-order valence-electron chi connectivity index (χ0n) is 6.22. The Morgan fingerprint density at radius 1 is 1.64 bits per heavy atom. The van der Waals surface area contributed by atoms with E-state index in [2.05, 4.69) is 5.32 Å². The number of carbonyl (C=O) groups is 2. The molecule has 1 amide bonds. The van der Waals surface area contributed by atoms with E-state index in [4.69, 9.17) is 6.42 Å². The molecule has 0 aliphatic rings. The van der Waals surface area contributed by atoms with Gasteiger partial charge < -0.3 is 5.32 Å². The molecule has 0 atom stereocenters. The molecule has 0 rings (SSSR count). The smallest absolute Gasteiger partial charge is 0.262 e. The molecule has 0 aliphatic carbocycles. The first-order chi connectivity index (χ1) is 5.16. The fraction of sp³-hybridized carbons (Fsp3) is 0.429. The van der Waals surface area contributed by atoms with Crippen LogP contribution in [0.15, 0.2) is 0 Å². The lowest BCUT2D eigenvalue weighted by atomic mass is 10.6. The van der Waals surface area contributed by atoms with Gasteiger partial charge in [0.25, 0.3) is 5.12 Å². The molecule has 0 unspecified atom stereocenters. The molecule has 0 aromatic carbocycles. The highest BCUT2D eigenvalue weighted by atomic mass is 32.2. The number of hydrogen-bond acceptors (Lipinski definition) is 3. The Labute approximate surface area is 69.9 Å². The van der Waals surface area contributed by atoms with E-state index in [1.54, 1.807) is 0 Å². The lowest BCUT2D eigenvalue weighted by molar-refractivity contribution is -0.118. The Kier molecular flexibility index (Phi) is 5.30. The van der Waals surface area contributed by atoms with Gasteiger partial charge in [-0.25, -0.2) is 0 Å². The van der Waals surface area contributed by atoms with Crippen molar-refractivity contribution in [1.82, 2.24) is 5.32 Å². The second-order valence-electron chi connectivity index (χ2n) is 1.76. The average molecular weight is 171 g/mol. The third kappa shape index (κ3) is 6.94. The molecule has 3 nitrogen and oxygen atoms in total. The van der Waals surface area contributed by atoms with E-state index in [1.807, 2.05) is 5.92 Å². The van der Waals surface area contributed by atoms with Gasteiger partial charge in [-0.2, -0.15) is 0 Å². The fourth-order valence-electron chi connectivity index (χ4n) is 0.412. The largest absolute Gasteiger partial charge is 0.356 e. The van der Waals surface area contributed by atoms with Gasteiger partial charge in [-0.1, -0.05) is 11.8 Å². The molecule has 0 radical (unpaired) electrons. The van der Waals surface area contributed by atoms with Crippen LogP contribution in [0.5, 0.6) is 0 Å². The van der Waals surface area contributed by atoms with Crippen LogP contribution >= 0.6 is 11.8 Å². The lowest BCUT2D eigenvalue weighted by Gasteiger charge is -1.97. The van der Waals surface area contributed by atoms with Gasteiger partial charge in [-0.15, -0.1) is 6.42 Å². The summed E-state index contributed by atoms with van der Waals surface area (Å²) in [6, 6.07) is 0. The summed E-state index contributed by atoms with van der Waals surface area (Å²) in [6.45, 7) is 1.90. The van der Waals surface area contributed by atoms with E-state index in [0.717, 1.165) is 11.8 Å². The van der Waals surface area contributed by atoms with Crippen LogP contribution < -0.4 is 5.32 Å². The first-order valence-electron chi connectivity index (χ1n) is 3.04. The third-order valence-corrected chi connectivity index (χ3v) is 1.62. The number of terminal acetylenes is 1. The average Bonchev–Trinajstić information content (AvgIpc) is 1.97. The Morgan fingerprint density at radius 2 is 2.27 bits per heavy atom. The number of thioether (sulfide) groups is 1. The number of nitrogens with one attached hydrogen (secondary N) is 1. The summed E-state index contributed by atoms with van der Waals surface area (Å²) >= 11 is 1.03. The molecule has 4 heteroatoms. The maximum atomic E-state index is 10.5. The van der Waals surface area contributed by atoms with Gasteiger partial charge in [0, 0.05) is 19.2 Å². The van der Waals surface area contributed by atoms with Gasteiger partial charge in [0.15, 0.2) is 0 Å². The van der Waals surface area contributed by atoms with E-state index in [0.29, 0.717) is 12.3 Å². The van der Waals surface area contributed by atoms with Gasteiger partial charge in [0.05, 0.1) is 0 Å². The predicted octanol–water partition coefficient (Wildman–Crippen LogP) is 0.0155. The SMILES string of the molecule is C#CC(=O)SCCNC(C)=O. The summed E-state index contributed by atoms with van der Waals surface area (Å²) < 4.78 is 0. The highest BCUT2D eigenvalue weighted by Crippen LogP contribution is 1.97. The van der Waals surface area contributed by atoms with Crippen LogP contribution in [0, 0.1) is 12.3 Å². The highest BCUT2D eigenvalue weighted by molar-refractivity contribution is 8.14. The van der Waals surface area contributed by atoms with Crippen molar-refractivity contribution in [3.8, 4) is 12.3 Å². The van der Waals surface area contributed by atoms with Crippen LogP contribution in [-0.4, -0.2) is 23.3 Å². The van der Waals surface area contributed by atoms with Crippen molar-refractivity contribution in [2.45, 2.75) is 6.92 Å². The van der Waals surface area contributed by atoms with Crippen LogP contribution in [0.3, 0.4) is 0 Å². The van der Waals surface area contributed by atoms with E-state index < -0.39 is 0 Å². The van der Waals surface area contributed by atoms with Crippen molar-refractivity contribution in [3.05, 3.63) is 0 Å². The summed E-state index contributed by atoms with van der Waals surface area (Å²) in [6.07, 6.45) is 4.81. The van der Waals surface area contributed by atoms with E-state index in [1.165, 1.54) is 6.92 Å². The van der Waals surface area contributed by atoms with E-state index in [-0.39, 0.29) is 11.0 Å². The topological polar surface area (TPSA) is 46.2 Å². The molecule has 1 N–H and O–H groups in total. The van der Waals surface area contributed by atoms with E-state index >= 15 is 0 Å². The third-order valence-electron chi connectivity index (χ3n) is 0.827. The summed E-state index contributed by atoms with van der Waals surface area (Å²) in [5, 5.41) is 2.25. The standard InChI is InChI=1S/C7H9NO2S/c1-3-7(10)11-5-4-8-6(2)9/h1H,4-5H2,2H3,(H,8,9). The summed E-state index contributed by atoms with van der Waals surface area (Å²) in [5.74, 6) is 2.40. The quantitative estimate of drug-likeness (QED) is 0.481. The minimum absolute atomic E-state index is 0.0984. The molecule has 0 aromatic rings. The van der Waals surface area contributed by atoms with Crippen LogP contribution in [0.4, 0.5) is 0 Å². The van der Waals surface area contributed by atoms with Crippen LogP contribution in [0.25, 0.3) is 0 Å². The molecule has 0 aliphatic heterocycles. The number of amides is 1. The summed E-state index contributed by atoms with van der Waals surface area (Å²) in [5.41, 5.74) is 0. The lowest BCUT2D eigenvalue weighted by Crippen LogP contribution is -2.22. The number of hydrogen-bond donors (Lipinski definition) is 1. The molecule has 0 bridgehead atoms. The Morgan fingerprint density at radius 3 is 2.73 bits per heavy atom. The Bertz CT molecular complexity index is 195. The van der Waals surface area contributed by atoms with Crippen LogP contribution in [0.1, 0.15) is 6.92 Å². The molecule has 60 valence electrons. The summed E-state index contributed by atoms with van der Waals surface area (Å²) in [4.78, 5) is 20.8. The molecule has 0 saturated carbocycles. The second kappa shape index (κ2) is 5.81. The van der Waals surface area contributed by atoms with Crippen molar-refractivity contribution in [3.63, 3.8) is 0 Å². The monoisotopic (exact) mass is 171 g/mol. The highest BCUT2D eigenvalue weighted by Gasteiger charge is 1.96. The van der Waals surface area contributed by atoms with Crippen molar-refractivity contribution >= 4 is 22.8 Å². The minimum atomic E-state index is -0.296.